The number of hydrogen-bond acceptors (Lipinski definition) is 7. The lowest BCUT2D eigenvalue weighted by Gasteiger charge is -2.12. The second-order valence-electron chi connectivity index (χ2n) is 8.33. The molecule has 0 saturated heterocycles. The highest BCUT2D eigenvalue weighted by Gasteiger charge is 2.12. The monoisotopic (exact) mass is 592 g/mol. The van der Waals surface area contributed by atoms with Crippen molar-refractivity contribution in [1.82, 2.24) is 19.6 Å². The number of hydrogen-bond donors (Lipinski definition) is 0. The molecule has 0 saturated carbocycles. The first-order valence-corrected chi connectivity index (χ1v) is 13.0. The predicted molar refractivity (Wildman–Crippen MR) is 150 cm³/mol. The van der Waals surface area contributed by atoms with Gasteiger partial charge in [-0.15, -0.1) is 0 Å². The SMILES string of the molecule is CC(C)Oc1cnn(COCc2ccccc2)c(=O)c1Cl.O=c1c(Cl)c(Cl)cnn1COCc1ccccc1. The molecule has 39 heavy (non-hydrogen) atoms. The van der Waals surface area contributed by atoms with Crippen molar-refractivity contribution in [2.75, 3.05) is 0 Å². The van der Waals surface area contributed by atoms with Crippen molar-refractivity contribution >= 4 is 34.8 Å². The van der Waals surface area contributed by atoms with Gasteiger partial charge < -0.3 is 14.2 Å². The van der Waals surface area contributed by atoms with E-state index in [1.54, 1.807) is 0 Å². The number of nitrogens with zero attached hydrogens (tertiary/aromatic N) is 4. The van der Waals surface area contributed by atoms with Crippen molar-refractivity contribution < 1.29 is 14.2 Å². The summed E-state index contributed by atoms with van der Waals surface area (Å²) in [6.45, 7) is 4.57. The summed E-state index contributed by atoms with van der Waals surface area (Å²) in [5.74, 6) is 0.288. The van der Waals surface area contributed by atoms with Gasteiger partial charge in [-0.2, -0.15) is 10.2 Å². The molecule has 0 spiro atoms. The fourth-order valence-electron chi connectivity index (χ4n) is 3.06. The number of ether oxygens (including phenoxy) is 3. The van der Waals surface area contributed by atoms with Gasteiger partial charge in [-0.1, -0.05) is 95.5 Å². The standard InChI is InChI=1S/C15H17ClN2O3.C12H10Cl2N2O2/c1-11(2)21-13-8-17-18(15(19)14(13)16)10-20-9-12-6-4-3-5-7-12;13-10-6-15-16(12(17)11(10)14)8-18-7-9-4-2-1-3-5-9/h3-8,11H,9-10H2,1-2H3;1-6H,7-8H2. The Morgan fingerprint density at radius 2 is 1.18 bits per heavy atom. The van der Waals surface area contributed by atoms with Crippen molar-refractivity contribution in [1.29, 1.82) is 0 Å². The van der Waals surface area contributed by atoms with Crippen LogP contribution in [0.15, 0.2) is 82.6 Å². The largest absolute Gasteiger partial charge is 0.488 e. The molecule has 2 aromatic carbocycles. The Hall–Kier alpha value is -3.21. The second kappa shape index (κ2) is 15.4. The minimum Gasteiger partial charge on any atom is -0.488 e. The van der Waals surface area contributed by atoms with Gasteiger partial charge in [0.05, 0.1) is 36.7 Å². The lowest BCUT2D eigenvalue weighted by Crippen LogP contribution is -2.25. The molecule has 2 heterocycles. The Kier molecular flexibility index (Phi) is 12.0. The molecule has 2 aromatic heterocycles. The zero-order chi connectivity index (χ0) is 28.2. The van der Waals surface area contributed by atoms with Crippen LogP contribution in [0.25, 0.3) is 0 Å². The first kappa shape index (κ1) is 30.3. The third-order valence-electron chi connectivity index (χ3n) is 4.91. The number of aromatic nitrogens is 4. The lowest BCUT2D eigenvalue weighted by molar-refractivity contribution is 0.0525. The van der Waals surface area contributed by atoms with Crippen molar-refractivity contribution in [3.8, 4) is 5.75 Å². The number of benzene rings is 2. The van der Waals surface area contributed by atoms with E-state index < -0.39 is 11.1 Å². The van der Waals surface area contributed by atoms with Crippen LogP contribution in [0.2, 0.25) is 15.1 Å². The first-order chi connectivity index (χ1) is 18.8. The Bertz CT molecular complexity index is 1450. The van der Waals surface area contributed by atoms with E-state index in [2.05, 4.69) is 10.2 Å². The highest BCUT2D eigenvalue weighted by atomic mass is 35.5. The van der Waals surface area contributed by atoms with Crippen LogP contribution < -0.4 is 15.9 Å². The van der Waals surface area contributed by atoms with Crippen LogP contribution in [0.3, 0.4) is 0 Å². The lowest BCUT2D eigenvalue weighted by atomic mass is 10.2. The van der Waals surface area contributed by atoms with Gasteiger partial charge >= 0.3 is 0 Å². The Morgan fingerprint density at radius 3 is 1.67 bits per heavy atom. The van der Waals surface area contributed by atoms with Crippen LogP contribution in [0.1, 0.15) is 25.0 Å². The van der Waals surface area contributed by atoms with Crippen molar-refractivity contribution in [2.45, 2.75) is 46.6 Å². The van der Waals surface area contributed by atoms with Crippen LogP contribution in [0.5, 0.6) is 5.75 Å². The van der Waals surface area contributed by atoms with Crippen LogP contribution in [0, 0.1) is 0 Å². The summed E-state index contributed by atoms with van der Waals surface area (Å²) in [6.07, 6.45) is 2.67. The van der Waals surface area contributed by atoms with E-state index in [4.69, 9.17) is 49.0 Å². The third kappa shape index (κ3) is 9.49. The molecule has 4 rings (SSSR count). The Balaban J connectivity index is 0.000000218. The van der Waals surface area contributed by atoms with Crippen LogP contribution >= 0.6 is 34.8 Å². The fraction of sp³-hybridized carbons (Fsp3) is 0.259. The van der Waals surface area contributed by atoms with E-state index in [-0.39, 0.29) is 40.4 Å². The van der Waals surface area contributed by atoms with Gasteiger partial charge in [0.25, 0.3) is 11.1 Å². The molecule has 0 aliphatic heterocycles. The fourth-order valence-corrected chi connectivity index (χ4v) is 3.53. The highest BCUT2D eigenvalue weighted by molar-refractivity contribution is 6.41. The molecule has 0 amide bonds. The van der Waals surface area contributed by atoms with Gasteiger partial charge in [0.1, 0.15) is 18.5 Å². The van der Waals surface area contributed by atoms with Crippen LogP contribution in [-0.4, -0.2) is 25.7 Å². The van der Waals surface area contributed by atoms with E-state index >= 15 is 0 Å². The smallest absolute Gasteiger partial charge is 0.291 e. The van der Waals surface area contributed by atoms with Crippen molar-refractivity contribution in [2.24, 2.45) is 0 Å². The molecular formula is C27H27Cl3N4O5. The molecular weight excluding hydrogens is 567 g/mol. The summed E-state index contributed by atoms with van der Waals surface area (Å²) < 4.78 is 18.5. The highest BCUT2D eigenvalue weighted by Crippen LogP contribution is 2.19. The third-order valence-corrected chi connectivity index (χ3v) is 6.00. The quantitative estimate of drug-likeness (QED) is 0.237. The average molecular weight is 594 g/mol. The Morgan fingerprint density at radius 1 is 0.718 bits per heavy atom. The van der Waals surface area contributed by atoms with Gasteiger partial charge in [0.2, 0.25) is 0 Å². The number of rotatable bonds is 10. The predicted octanol–water partition coefficient (Wildman–Crippen LogP) is 5.58. The van der Waals surface area contributed by atoms with Crippen LogP contribution in [0.4, 0.5) is 0 Å². The average Bonchev–Trinajstić information content (AvgIpc) is 2.94. The molecule has 9 nitrogen and oxygen atoms in total. The van der Waals surface area contributed by atoms with Crippen LogP contribution in [-0.2, 0) is 36.1 Å². The zero-order valence-electron chi connectivity index (χ0n) is 21.3. The van der Waals surface area contributed by atoms with Gasteiger partial charge in [0, 0.05) is 0 Å². The molecule has 0 atom stereocenters. The van der Waals surface area contributed by atoms with Gasteiger partial charge in [0.15, 0.2) is 10.8 Å². The zero-order valence-corrected chi connectivity index (χ0v) is 23.6. The summed E-state index contributed by atoms with van der Waals surface area (Å²) in [4.78, 5) is 23.7. The molecule has 4 aromatic rings. The van der Waals surface area contributed by atoms with E-state index in [1.807, 2.05) is 74.5 Å². The van der Waals surface area contributed by atoms with Crippen molar-refractivity contribution in [3.05, 3.63) is 120 Å². The molecule has 0 fully saturated rings. The summed E-state index contributed by atoms with van der Waals surface area (Å²) >= 11 is 17.4. The Labute approximate surface area is 240 Å². The van der Waals surface area contributed by atoms with E-state index in [0.29, 0.717) is 13.2 Å². The van der Waals surface area contributed by atoms with Gasteiger partial charge in [-0.3, -0.25) is 9.59 Å². The normalized spacial score (nSPS) is 10.7. The summed E-state index contributed by atoms with van der Waals surface area (Å²) in [7, 11) is 0. The van der Waals surface area contributed by atoms with E-state index in [0.717, 1.165) is 15.8 Å². The summed E-state index contributed by atoms with van der Waals surface area (Å²) in [5.41, 5.74) is 1.15. The minimum absolute atomic E-state index is 0.0158. The van der Waals surface area contributed by atoms with Gasteiger partial charge in [-0.05, 0) is 25.0 Å². The van der Waals surface area contributed by atoms with E-state index in [9.17, 15) is 9.59 Å². The topological polar surface area (TPSA) is 97.5 Å². The maximum atomic E-state index is 12.0. The number of halogens is 3. The first-order valence-electron chi connectivity index (χ1n) is 11.8. The molecule has 0 bridgehead atoms. The second-order valence-corrected chi connectivity index (χ2v) is 9.49. The van der Waals surface area contributed by atoms with Gasteiger partial charge in [-0.25, -0.2) is 9.36 Å². The molecule has 0 aliphatic carbocycles. The summed E-state index contributed by atoms with van der Waals surface area (Å²) in [6, 6.07) is 19.3. The molecule has 0 N–H and O–H groups in total. The molecule has 0 radical (unpaired) electrons. The maximum Gasteiger partial charge on any atom is 0.291 e. The summed E-state index contributed by atoms with van der Waals surface area (Å²) in [5, 5.41) is 7.93. The minimum atomic E-state index is -0.461. The van der Waals surface area contributed by atoms with Crippen molar-refractivity contribution in [3.63, 3.8) is 0 Å². The molecule has 12 heteroatoms. The molecule has 0 aliphatic rings. The molecule has 206 valence electrons. The molecule has 0 unspecified atom stereocenters. The van der Waals surface area contributed by atoms with E-state index in [1.165, 1.54) is 17.1 Å². The maximum absolute atomic E-state index is 12.0.